The van der Waals surface area contributed by atoms with Crippen LogP contribution in [0, 0.1) is 0 Å². The maximum absolute atomic E-state index is 11.1. The van der Waals surface area contributed by atoms with E-state index in [0.29, 0.717) is 12.2 Å². The first-order chi connectivity index (χ1) is 5.61. The van der Waals surface area contributed by atoms with Gasteiger partial charge in [0.1, 0.15) is 6.61 Å². The summed E-state index contributed by atoms with van der Waals surface area (Å²) < 4.78 is 4.97. The Morgan fingerprint density at radius 1 is 1.25 bits per heavy atom. The van der Waals surface area contributed by atoms with Crippen LogP contribution >= 0.6 is 0 Å². The smallest absolute Gasteiger partial charge is 0.333 e. The number of rotatable bonds is 3. The Morgan fingerprint density at radius 2 is 1.83 bits per heavy atom. The standard InChI is InChI=1S/C10H16O2/c1-5-8(3)7-12-10(11)9(4)6-2/h5-6H,7H2,1-4H3. The van der Waals surface area contributed by atoms with E-state index >= 15 is 0 Å². The third-order valence-electron chi connectivity index (χ3n) is 1.68. The minimum atomic E-state index is -0.237. The Balaban J connectivity index is 3.88. The van der Waals surface area contributed by atoms with E-state index in [9.17, 15) is 4.79 Å². The van der Waals surface area contributed by atoms with Gasteiger partial charge in [0.05, 0.1) is 0 Å². The molecular formula is C10H16O2. The molecule has 0 atom stereocenters. The normalized spacial score (nSPS) is 13.0. The fourth-order valence-electron chi connectivity index (χ4n) is 0.494. The Hall–Kier alpha value is -1.05. The molecule has 0 amide bonds. The summed E-state index contributed by atoms with van der Waals surface area (Å²) in [6, 6.07) is 0. The number of carbonyl (C=O) groups excluding carboxylic acids is 1. The van der Waals surface area contributed by atoms with Crippen molar-refractivity contribution in [3.8, 4) is 0 Å². The van der Waals surface area contributed by atoms with Crippen LogP contribution < -0.4 is 0 Å². The van der Waals surface area contributed by atoms with E-state index in [1.165, 1.54) is 0 Å². The third kappa shape index (κ3) is 3.96. The summed E-state index contributed by atoms with van der Waals surface area (Å²) in [5, 5.41) is 0. The predicted octanol–water partition coefficient (Wildman–Crippen LogP) is 2.46. The van der Waals surface area contributed by atoms with Gasteiger partial charge < -0.3 is 4.74 Å². The molecule has 0 rings (SSSR count). The molecule has 0 aromatic carbocycles. The molecule has 12 heavy (non-hydrogen) atoms. The van der Waals surface area contributed by atoms with Gasteiger partial charge in [-0.15, -0.1) is 0 Å². The summed E-state index contributed by atoms with van der Waals surface area (Å²) in [6.45, 7) is 7.80. The van der Waals surface area contributed by atoms with Gasteiger partial charge in [-0.2, -0.15) is 0 Å². The van der Waals surface area contributed by atoms with E-state index in [1.54, 1.807) is 13.0 Å². The SMILES string of the molecule is CC=C(C)COC(=O)C(C)=CC. The summed E-state index contributed by atoms with van der Waals surface area (Å²) in [6.07, 6.45) is 3.67. The number of hydrogen-bond donors (Lipinski definition) is 0. The maximum Gasteiger partial charge on any atom is 0.333 e. The first kappa shape index (κ1) is 11.0. The average molecular weight is 168 g/mol. The highest BCUT2D eigenvalue weighted by Crippen LogP contribution is 1.99. The quantitative estimate of drug-likeness (QED) is 0.367. The van der Waals surface area contributed by atoms with Crippen molar-refractivity contribution in [1.82, 2.24) is 0 Å². The Bertz CT molecular complexity index is 212. The van der Waals surface area contributed by atoms with Gasteiger partial charge in [0.2, 0.25) is 0 Å². The van der Waals surface area contributed by atoms with Crippen molar-refractivity contribution in [2.75, 3.05) is 6.61 Å². The highest BCUT2D eigenvalue weighted by Gasteiger charge is 2.03. The second kappa shape index (κ2) is 5.58. The van der Waals surface area contributed by atoms with Crippen LogP contribution in [0.1, 0.15) is 27.7 Å². The van der Waals surface area contributed by atoms with Crippen LogP contribution in [0.25, 0.3) is 0 Å². The highest BCUT2D eigenvalue weighted by molar-refractivity contribution is 5.87. The van der Waals surface area contributed by atoms with Crippen molar-refractivity contribution in [3.05, 3.63) is 23.3 Å². The first-order valence-electron chi connectivity index (χ1n) is 4.03. The van der Waals surface area contributed by atoms with Gasteiger partial charge in [-0.3, -0.25) is 0 Å². The van der Waals surface area contributed by atoms with Crippen molar-refractivity contribution >= 4 is 5.97 Å². The van der Waals surface area contributed by atoms with E-state index in [1.807, 2.05) is 26.8 Å². The van der Waals surface area contributed by atoms with Gasteiger partial charge in [0.15, 0.2) is 0 Å². The molecule has 0 spiro atoms. The Kier molecular flexibility index (Phi) is 5.09. The Morgan fingerprint density at radius 3 is 2.25 bits per heavy atom. The van der Waals surface area contributed by atoms with Crippen molar-refractivity contribution < 1.29 is 9.53 Å². The van der Waals surface area contributed by atoms with Gasteiger partial charge in [-0.1, -0.05) is 12.2 Å². The Labute approximate surface area is 73.9 Å². The molecule has 0 heterocycles. The maximum atomic E-state index is 11.1. The minimum absolute atomic E-state index is 0.237. The molecule has 0 unspecified atom stereocenters. The summed E-state index contributed by atoms with van der Waals surface area (Å²) in [4.78, 5) is 11.1. The zero-order valence-corrected chi connectivity index (χ0v) is 8.18. The van der Waals surface area contributed by atoms with Crippen LogP contribution in [0.15, 0.2) is 23.3 Å². The third-order valence-corrected chi connectivity index (χ3v) is 1.68. The lowest BCUT2D eigenvalue weighted by molar-refractivity contribution is -0.138. The van der Waals surface area contributed by atoms with Gasteiger partial charge in [0, 0.05) is 5.57 Å². The molecule has 0 fully saturated rings. The molecule has 0 N–H and O–H groups in total. The molecule has 0 aliphatic carbocycles. The molecule has 2 nitrogen and oxygen atoms in total. The van der Waals surface area contributed by atoms with Gasteiger partial charge >= 0.3 is 5.97 Å². The van der Waals surface area contributed by atoms with E-state index < -0.39 is 0 Å². The summed E-state index contributed by atoms with van der Waals surface area (Å²) in [5.74, 6) is -0.237. The first-order valence-corrected chi connectivity index (χ1v) is 4.03. The molecule has 0 aliphatic rings. The number of esters is 1. The van der Waals surface area contributed by atoms with E-state index in [2.05, 4.69) is 0 Å². The largest absolute Gasteiger partial charge is 0.458 e. The predicted molar refractivity (Wildman–Crippen MR) is 49.8 cm³/mol. The van der Waals surface area contributed by atoms with E-state index in [-0.39, 0.29) is 5.97 Å². The van der Waals surface area contributed by atoms with E-state index in [4.69, 9.17) is 4.74 Å². The zero-order chi connectivity index (χ0) is 9.56. The lowest BCUT2D eigenvalue weighted by Crippen LogP contribution is -2.07. The molecule has 2 heteroatoms. The highest BCUT2D eigenvalue weighted by atomic mass is 16.5. The summed E-state index contributed by atoms with van der Waals surface area (Å²) in [5.41, 5.74) is 1.71. The minimum Gasteiger partial charge on any atom is -0.458 e. The van der Waals surface area contributed by atoms with Gasteiger partial charge in [0.25, 0.3) is 0 Å². The second-order valence-electron chi connectivity index (χ2n) is 2.68. The van der Waals surface area contributed by atoms with Crippen LogP contribution in [0.2, 0.25) is 0 Å². The van der Waals surface area contributed by atoms with Gasteiger partial charge in [-0.05, 0) is 33.3 Å². The summed E-state index contributed by atoms with van der Waals surface area (Å²) in [7, 11) is 0. The van der Waals surface area contributed by atoms with Crippen LogP contribution in [-0.4, -0.2) is 12.6 Å². The molecule has 0 saturated carbocycles. The molecule has 0 aromatic rings. The zero-order valence-electron chi connectivity index (χ0n) is 8.18. The molecule has 0 saturated heterocycles. The van der Waals surface area contributed by atoms with E-state index in [0.717, 1.165) is 5.57 Å². The monoisotopic (exact) mass is 168 g/mol. The van der Waals surface area contributed by atoms with Crippen LogP contribution in [-0.2, 0) is 9.53 Å². The van der Waals surface area contributed by atoms with Crippen LogP contribution in [0.4, 0.5) is 0 Å². The molecule has 0 aromatic heterocycles. The number of hydrogen-bond acceptors (Lipinski definition) is 2. The molecule has 68 valence electrons. The number of carbonyl (C=O) groups is 1. The summed E-state index contributed by atoms with van der Waals surface area (Å²) >= 11 is 0. The lowest BCUT2D eigenvalue weighted by atomic mass is 10.3. The van der Waals surface area contributed by atoms with Crippen molar-refractivity contribution in [2.24, 2.45) is 0 Å². The van der Waals surface area contributed by atoms with Crippen LogP contribution in [0.3, 0.4) is 0 Å². The average Bonchev–Trinajstić information content (AvgIpc) is 2.11. The number of allylic oxidation sites excluding steroid dienone is 2. The molecular weight excluding hydrogens is 152 g/mol. The topological polar surface area (TPSA) is 26.3 Å². The van der Waals surface area contributed by atoms with Gasteiger partial charge in [-0.25, -0.2) is 4.79 Å². The van der Waals surface area contributed by atoms with Crippen molar-refractivity contribution in [2.45, 2.75) is 27.7 Å². The lowest BCUT2D eigenvalue weighted by Gasteiger charge is -2.03. The number of ether oxygens (including phenoxy) is 1. The molecule has 0 radical (unpaired) electrons. The van der Waals surface area contributed by atoms with Crippen molar-refractivity contribution in [3.63, 3.8) is 0 Å². The van der Waals surface area contributed by atoms with Crippen molar-refractivity contribution in [1.29, 1.82) is 0 Å². The van der Waals surface area contributed by atoms with Crippen LogP contribution in [0.5, 0.6) is 0 Å². The fraction of sp³-hybridized carbons (Fsp3) is 0.500. The molecule has 0 bridgehead atoms. The fourth-order valence-corrected chi connectivity index (χ4v) is 0.494. The molecule has 0 aliphatic heterocycles. The second-order valence-corrected chi connectivity index (χ2v) is 2.68.